The number of nitrogens with zero attached hydrogens (tertiary/aromatic N) is 1. The van der Waals surface area contributed by atoms with Crippen LogP contribution >= 0.6 is 11.6 Å². The average Bonchev–Trinajstić information content (AvgIpc) is 2.64. The second kappa shape index (κ2) is 5.66. The van der Waals surface area contributed by atoms with Crippen molar-refractivity contribution in [3.8, 4) is 5.95 Å². The molecule has 0 radical (unpaired) electrons. The number of ether oxygens (including phenoxy) is 2. The van der Waals surface area contributed by atoms with Gasteiger partial charge in [-0.3, -0.25) is 0 Å². The summed E-state index contributed by atoms with van der Waals surface area (Å²) >= 11 is 6.31. The van der Waals surface area contributed by atoms with Crippen LogP contribution in [0.1, 0.15) is 18.1 Å². The molecule has 2 aromatic rings. The van der Waals surface area contributed by atoms with Crippen LogP contribution in [0, 0.1) is 0 Å². The number of carbonyl (C=O) groups excluding carboxylic acids is 1. The lowest BCUT2D eigenvalue weighted by Crippen LogP contribution is -2.19. The standard InChI is InChI=1S/C16H16ClNO4/c1-9(2)20-16(19)22-15-11-8-18(3)7-6-10-12(17)4-5-13(21-15)14(10)11/h4-5H,1,6-8H2,2-3H3. The number of hydrogen-bond acceptors (Lipinski definition) is 5. The third kappa shape index (κ3) is 2.69. The number of likely N-dealkylation sites (N-methyl/N-ethyl adjacent to an activating group) is 1. The van der Waals surface area contributed by atoms with Crippen molar-refractivity contribution < 1.29 is 18.7 Å². The first-order valence-corrected chi connectivity index (χ1v) is 7.30. The first-order chi connectivity index (χ1) is 10.5. The SMILES string of the molecule is C=C(C)OC(=O)Oc1oc2ccc(Cl)c3c2c1CN(C)CC3. The molecule has 0 unspecified atom stereocenters. The fourth-order valence-electron chi connectivity index (χ4n) is 2.64. The highest BCUT2D eigenvalue weighted by Gasteiger charge is 2.26. The molecule has 1 aromatic carbocycles. The Morgan fingerprint density at radius 3 is 2.91 bits per heavy atom. The molecule has 1 aliphatic rings. The Bertz CT molecular complexity index is 765. The van der Waals surface area contributed by atoms with Gasteiger partial charge in [0.15, 0.2) is 0 Å². The van der Waals surface area contributed by atoms with Crippen molar-refractivity contribution in [3.05, 3.63) is 40.6 Å². The summed E-state index contributed by atoms with van der Waals surface area (Å²) in [7, 11) is 1.99. The molecule has 6 heteroatoms. The summed E-state index contributed by atoms with van der Waals surface area (Å²) in [6.07, 6.45) is -0.0446. The van der Waals surface area contributed by atoms with Crippen molar-refractivity contribution in [2.24, 2.45) is 0 Å². The number of rotatable bonds is 2. The molecule has 0 N–H and O–H groups in total. The van der Waals surface area contributed by atoms with Crippen molar-refractivity contribution in [1.82, 2.24) is 4.90 Å². The summed E-state index contributed by atoms with van der Waals surface area (Å²) in [6.45, 7) is 6.55. The fourth-order valence-corrected chi connectivity index (χ4v) is 2.89. The molecule has 0 saturated heterocycles. The maximum atomic E-state index is 11.7. The minimum atomic E-state index is -0.859. The van der Waals surface area contributed by atoms with Crippen molar-refractivity contribution >= 4 is 28.7 Å². The molecule has 0 bridgehead atoms. The Balaban J connectivity index is 2.08. The normalized spacial score (nSPS) is 14.7. The molecular formula is C16H16ClNO4. The summed E-state index contributed by atoms with van der Waals surface area (Å²) in [5, 5.41) is 1.62. The first-order valence-electron chi connectivity index (χ1n) is 6.92. The number of hydrogen-bond donors (Lipinski definition) is 0. The number of allylic oxidation sites excluding steroid dienone is 1. The van der Waals surface area contributed by atoms with Gasteiger partial charge in [0.05, 0.1) is 5.56 Å². The van der Waals surface area contributed by atoms with Gasteiger partial charge in [-0.2, -0.15) is 0 Å². The molecule has 22 heavy (non-hydrogen) atoms. The largest absolute Gasteiger partial charge is 0.521 e. The van der Waals surface area contributed by atoms with E-state index in [1.807, 2.05) is 7.05 Å². The van der Waals surface area contributed by atoms with E-state index in [9.17, 15) is 4.79 Å². The zero-order chi connectivity index (χ0) is 15.9. The number of furan rings is 1. The van der Waals surface area contributed by atoms with E-state index < -0.39 is 6.16 Å². The van der Waals surface area contributed by atoms with Crippen LogP contribution in [0.2, 0.25) is 5.02 Å². The predicted octanol–water partition coefficient (Wildman–Crippen LogP) is 4.12. The van der Waals surface area contributed by atoms with Crippen LogP contribution in [0.25, 0.3) is 11.0 Å². The van der Waals surface area contributed by atoms with Crippen LogP contribution in [-0.4, -0.2) is 24.6 Å². The van der Waals surface area contributed by atoms with Gasteiger partial charge < -0.3 is 18.8 Å². The van der Waals surface area contributed by atoms with E-state index >= 15 is 0 Å². The molecular weight excluding hydrogens is 306 g/mol. The zero-order valence-corrected chi connectivity index (χ0v) is 13.2. The second-order valence-electron chi connectivity index (χ2n) is 5.41. The molecule has 1 aliphatic heterocycles. The average molecular weight is 322 g/mol. The van der Waals surface area contributed by atoms with E-state index in [0.717, 1.165) is 29.5 Å². The molecule has 2 heterocycles. The quantitative estimate of drug-likeness (QED) is 0.615. The van der Waals surface area contributed by atoms with Crippen LogP contribution < -0.4 is 4.74 Å². The molecule has 0 fully saturated rings. The summed E-state index contributed by atoms with van der Waals surface area (Å²) in [4.78, 5) is 13.8. The number of benzene rings is 1. The van der Waals surface area contributed by atoms with Gasteiger partial charge in [-0.25, -0.2) is 4.79 Å². The van der Waals surface area contributed by atoms with Crippen LogP contribution in [0.4, 0.5) is 4.79 Å². The Morgan fingerprint density at radius 1 is 1.41 bits per heavy atom. The number of halogens is 1. The molecule has 0 amide bonds. The molecule has 1 aromatic heterocycles. The minimum absolute atomic E-state index is 0.151. The zero-order valence-electron chi connectivity index (χ0n) is 12.4. The third-order valence-electron chi connectivity index (χ3n) is 3.57. The van der Waals surface area contributed by atoms with Crippen LogP contribution in [0.3, 0.4) is 0 Å². The maximum Gasteiger partial charge on any atom is 0.521 e. The van der Waals surface area contributed by atoms with Crippen molar-refractivity contribution in [3.63, 3.8) is 0 Å². The second-order valence-corrected chi connectivity index (χ2v) is 5.82. The number of carbonyl (C=O) groups is 1. The fraction of sp³-hybridized carbons (Fsp3) is 0.312. The van der Waals surface area contributed by atoms with Crippen molar-refractivity contribution in [2.75, 3.05) is 13.6 Å². The monoisotopic (exact) mass is 321 g/mol. The summed E-state index contributed by atoms with van der Waals surface area (Å²) in [5.74, 6) is 0.409. The van der Waals surface area contributed by atoms with E-state index in [-0.39, 0.29) is 11.7 Å². The summed E-state index contributed by atoms with van der Waals surface area (Å²) in [5.41, 5.74) is 2.49. The van der Waals surface area contributed by atoms with Gasteiger partial charge in [-0.05, 0) is 38.1 Å². The van der Waals surface area contributed by atoms with Gasteiger partial charge in [-0.15, -0.1) is 0 Å². The Kier molecular flexibility index (Phi) is 3.85. The molecule has 0 aliphatic carbocycles. The van der Waals surface area contributed by atoms with Gasteiger partial charge in [0.25, 0.3) is 0 Å². The van der Waals surface area contributed by atoms with Crippen molar-refractivity contribution in [2.45, 2.75) is 19.9 Å². The van der Waals surface area contributed by atoms with Gasteiger partial charge in [0, 0.05) is 23.5 Å². The van der Waals surface area contributed by atoms with E-state index in [1.54, 1.807) is 19.1 Å². The summed E-state index contributed by atoms with van der Waals surface area (Å²) < 4.78 is 15.7. The highest BCUT2D eigenvalue weighted by atomic mass is 35.5. The molecule has 116 valence electrons. The molecule has 0 saturated carbocycles. The highest BCUT2D eigenvalue weighted by Crippen LogP contribution is 2.39. The van der Waals surface area contributed by atoms with E-state index in [0.29, 0.717) is 17.2 Å². The smallest absolute Gasteiger partial charge is 0.425 e. The van der Waals surface area contributed by atoms with Crippen LogP contribution in [-0.2, 0) is 17.7 Å². The topological polar surface area (TPSA) is 51.9 Å². The van der Waals surface area contributed by atoms with Crippen LogP contribution in [0.15, 0.2) is 28.9 Å². The third-order valence-corrected chi connectivity index (χ3v) is 3.93. The van der Waals surface area contributed by atoms with Gasteiger partial charge >= 0.3 is 12.1 Å². The van der Waals surface area contributed by atoms with Gasteiger partial charge in [-0.1, -0.05) is 18.2 Å². The van der Waals surface area contributed by atoms with Gasteiger partial charge in [0.1, 0.15) is 11.3 Å². The lowest BCUT2D eigenvalue weighted by molar-refractivity contribution is 0.116. The van der Waals surface area contributed by atoms with Crippen molar-refractivity contribution in [1.29, 1.82) is 0 Å². The summed E-state index contributed by atoms with van der Waals surface area (Å²) in [6, 6.07) is 3.58. The minimum Gasteiger partial charge on any atom is -0.425 e. The Hall–Kier alpha value is -1.98. The highest BCUT2D eigenvalue weighted by molar-refractivity contribution is 6.32. The maximum absolute atomic E-state index is 11.7. The molecule has 0 spiro atoms. The molecule has 0 atom stereocenters. The van der Waals surface area contributed by atoms with E-state index in [4.69, 9.17) is 25.5 Å². The Labute approximate surface area is 133 Å². The van der Waals surface area contributed by atoms with E-state index in [1.165, 1.54) is 0 Å². The molecule has 5 nitrogen and oxygen atoms in total. The lowest BCUT2D eigenvalue weighted by atomic mass is 10.0. The first kappa shape index (κ1) is 14.9. The van der Waals surface area contributed by atoms with E-state index in [2.05, 4.69) is 11.5 Å². The Morgan fingerprint density at radius 2 is 2.18 bits per heavy atom. The predicted molar refractivity (Wildman–Crippen MR) is 83.2 cm³/mol. The van der Waals surface area contributed by atoms with Gasteiger partial charge in [0.2, 0.25) is 0 Å². The molecule has 3 rings (SSSR count). The lowest BCUT2D eigenvalue weighted by Gasteiger charge is -2.13. The van der Waals surface area contributed by atoms with Crippen LogP contribution in [0.5, 0.6) is 5.95 Å².